The maximum atomic E-state index is 12.8. The second-order valence-corrected chi connectivity index (χ2v) is 7.21. The Balaban J connectivity index is 1.54. The number of pyridine rings is 2. The normalized spacial score (nSPS) is 18.2. The van der Waals surface area contributed by atoms with Crippen LogP contribution in [-0.4, -0.2) is 51.9 Å². The summed E-state index contributed by atoms with van der Waals surface area (Å²) in [7, 11) is 1.48. The second kappa shape index (κ2) is 8.57. The molecule has 2 N–H and O–H groups in total. The number of carbonyl (C=O) groups excluding carboxylic acids is 2. The minimum atomic E-state index is -0.919. The molecule has 0 spiro atoms. The number of ether oxygens (including phenoxy) is 2. The summed E-state index contributed by atoms with van der Waals surface area (Å²) >= 11 is 0. The molecule has 3 amide bonds. The van der Waals surface area contributed by atoms with Gasteiger partial charge in [-0.3, -0.25) is 4.98 Å². The number of aryl methyl sites for hydroxylation is 1. The molecule has 4 rings (SSSR count). The molecule has 1 aliphatic heterocycles. The first-order chi connectivity index (χ1) is 15.0. The summed E-state index contributed by atoms with van der Waals surface area (Å²) in [5, 5.41) is 14.6. The molecule has 0 unspecified atom stereocenters. The second-order valence-electron chi connectivity index (χ2n) is 7.21. The van der Waals surface area contributed by atoms with Gasteiger partial charge in [-0.15, -0.1) is 0 Å². The van der Waals surface area contributed by atoms with Gasteiger partial charge in [0.2, 0.25) is 5.88 Å². The summed E-state index contributed by atoms with van der Waals surface area (Å²) in [5.74, 6) is 0.356. The minimum Gasteiger partial charge on any atom is -0.481 e. The van der Waals surface area contributed by atoms with Crippen molar-refractivity contribution in [2.75, 3.05) is 13.7 Å². The molecule has 3 heterocycles. The SMILES string of the molecule is COc1cc(C)cc([C@H]2OC(=O)N(C(=O)NCc3cncc4ccccc34)[C@H]2CO)n1. The summed E-state index contributed by atoms with van der Waals surface area (Å²) in [6, 6.07) is 9.56. The largest absolute Gasteiger partial charge is 0.481 e. The summed E-state index contributed by atoms with van der Waals surface area (Å²) in [4.78, 5) is 34.7. The molecule has 160 valence electrons. The van der Waals surface area contributed by atoms with Crippen LogP contribution in [0.3, 0.4) is 0 Å². The van der Waals surface area contributed by atoms with E-state index in [0.717, 1.165) is 26.8 Å². The molecule has 1 aromatic carbocycles. The molecule has 1 saturated heterocycles. The first-order valence-electron chi connectivity index (χ1n) is 9.74. The van der Waals surface area contributed by atoms with Gasteiger partial charge in [0.05, 0.1) is 19.4 Å². The smallest absolute Gasteiger partial charge is 0.419 e. The van der Waals surface area contributed by atoms with Gasteiger partial charge < -0.3 is 19.9 Å². The van der Waals surface area contributed by atoms with E-state index in [1.807, 2.05) is 31.2 Å². The van der Waals surface area contributed by atoms with Crippen LogP contribution in [0.4, 0.5) is 9.59 Å². The van der Waals surface area contributed by atoms with E-state index in [-0.39, 0.29) is 6.54 Å². The lowest BCUT2D eigenvalue weighted by Gasteiger charge is -2.21. The van der Waals surface area contributed by atoms with Crippen LogP contribution >= 0.6 is 0 Å². The molecular formula is C22H22N4O5. The Morgan fingerprint density at radius 1 is 1.29 bits per heavy atom. The van der Waals surface area contributed by atoms with Crippen LogP contribution in [0.5, 0.6) is 5.88 Å². The Bertz CT molecular complexity index is 1130. The molecule has 0 radical (unpaired) electrons. The quantitative estimate of drug-likeness (QED) is 0.650. The van der Waals surface area contributed by atoms with Crippen molar-refractivity contribution in [2.24, 2.45) is 0 Å². The third-order valence-electron chi connectivity index (χ3n) is 5.16. The van der Waals surface area contributed by atoms with Gasteiger partial charge in [-0.1, -0.05) is 24.3 Å². The van der Waals surface area contributed by atoms with Crippen molar-refractivity contribution in [3.05, 3.63) is 65.6 Å². The topological polar surface area (TPSA) is 114 Å². The van der Waals surface area contributed by atoms with E-state index >= 15 is 0 Å². The monoisotopic (exact) mass is 422 g/mol. The highest BCUT2D eigenvalue weighted by molar-refractivity contribution is 5.93. The number of hydrogen-bond acceptors (Lipinski definition) is 7. The Hall–Kier alpha value is -3.72. The van der Waals surface area contributed by atoms with Gasteiger partial charge in [-0.05, 0) is 29.5 Å². The highest BCUT2D eigenvalue weighted by atomic mass is 16.6. The maximum Gasteiger partial charge on any atom is 0.419 e. The molecule has 3 aromatic rings. The zero-order chi connectivity index (χ0) is 22.0. The van der Waals surface area contributed by atoms with Gasteiger partial charge in [0.25, 0.3) is 0 Å². The Morgan fingerprint density at radius 2 is 2.10 bits per heavy atom. The number of urea groups is 1. The fourth-order valence-electron chi connectivity index (χ4n) is 3.67. The summed E-state index contributed by atoms with van der Waals surface area (Å²) in [6.07, 6.45) is 1.66. The molecule has 9 heteroatoms. The third kappa shape index (κ3) is 3.99. The Labute approximate surface area is 178 Å². The van der Waals surface area contributed by atoms with Gasteiger partial charge in [-0.25, -0.2) is 19.5 Å². The zero-order valence-corrected chi connectivity index (χ0v) is 17.1. The molecule has 0 aliphatic carbocycles. The lowest BCUT2D eigenvalue weighted by atomic mass is 10.1. The van der Waals surface area contributed by atoms with E-state index in [1.165, 1.54) is 7.11 Å². The number of fused-ring (bicyclic) bond motifs is 1. The van der Waals surface area contributed by atoms with Crippen molar-refractivity contribution >= 4 is 22.9 Å². The molecule has 0 saturated carbocycles. The number of nitrogens with one attached hydrogen (secondary N) is 1. The first kappa shape index (κ1) is 20.5. The fraction of sp³-hybridized carbons (Fsp3) is 0.273. The number of carbonyl (C=O) groups is 2. The summed E-state index contributed by atoms with van der Waals surface area (Å²) < 4.78 is 10.6. The number of imide groups is 1. The number of aliphatic hydroxyl groups excluding tert-OH is 1. The van der Waals surface area contributed by atoms with E-state index in [4.69, 9.17) is 9.47 Å². The Morgan fingerprint density at radius 3 is 2.87 bits per heavy atom. The predicted molar refractivity (Wildman–Crippen MR) is 111 cm³/mol. The molecule has 9 nitrogen and oxygen atoms in total. The molecule has 2 aromatic heterocycles. The summed E-state index contributed by atoms with van der Waals surface area (Å²) in [5.41, 5.74) is 2.06. The van der Waals surface area contributed by atoms with E-state index in [1.54, 1.807) is 24.5 Å². The van der Waals surface area contributed by atoms with E-state index in [2.05, 4.69) is 15.3 Å². The molecule has 2 atom stereocenters. The number of nitrogens with zero attached hydrogens (tertiary/aromatic N) is 3. The van der Waals surface area contributed by atoms with Crippen LogP contribution in [0.15, 0.2) is 48.8 Å². The van der Waals surface area contributed by atoms with Crippen LogP contribution in [0.25, 0.3) is 10.8 Å². The lowest BCUT2D eigenvalue weighted by molar-refractivity contribution is 0.115. The van der Waals surface area contributed by atoms with Crippen LogP contribution in [0.1, 0.15) is 22.9 Å². The minimum absolute atomic E-state index is 0.163. The van der Waals surface area contributed by atoms with Crippen molar-refractivity contribution in [1.82, 2.24) is 20.2 Å². The number of hydrogen-bond donors (Lipinski definition) is 2. The van der Waals surface area contributed by atoms with E-state index < -0.39 is 30.9 Å². The number of benzene rings is 1. The van der Waals surface area contributed by atoms with E-state index in [9.17, 15) is 14.7 Å². The molecule has 1 fully saturated rings. The predicted octanol–water partition coefficient (Wildman–Crippen LogP) is 2.71. The number of aromatic nitrogens is 2. The van der Waals surface area contributed by atoms with E-state index in [0.29, 0.717) is 11.6 Å². The van der Waals surface area contributed by atoms with Crippen LogP contribution < -0.4 is 10.1 Å². The zero-order valence-electron chi connectivity index (χ0n) is 17.1. The highest BCUT2D eigenvalue weighted by Gasteiger charge is 2.46. The van der Waals surface area contributed by atoms with Gasteiger partial charge in [0.15, 0.2) is 6.10 Å². The van der Waals surface area contributed by atoms with Crippen molar-refractivity contribution in [2.45, 2.75) is 25.6 Å². The summed E-state index contributed by atoms with van der Waals surface area (Å²) in [6.45, 7) is 1.54. The number of rotatable bonds is 5. The standard InChI is InChI=1S/C22H22N4O5/c1-13-7-17(25-19(8-13)30-2)20-18(12-27)26(22(29)31-20)21(28)24-11-15-10-23-9-14-5-3-4-6-16(14)15/h3-10,18,20,27H,11-12H2,1-2H3,(H,24,28)/t18-,20+/m0/s1. The van der Waals surface area contributed by atoms with Gasteiger partial charge in [0.1, 0.15) is 6.04 Å². The van der Waals surface area contributed by atoms with Crippen molar-refractivity contribution in [3.63, 3.8) is 0 Å². The van der Waals surface area contributed by atoms with Gasteiger partial charge in [-0.2, -0.15) is 0 Å². The number of amides is 3. The van der Waals surface area contributed by atoms with Crippen molar-refractivity contribution in [1.29, 1.82) is 0 Å². The number of methoxy groups -OCH3 is 1. The maximum absolute atomic E-state index is 12.8. The van der Waals surface area contributed by atoms with Gasteiger partial charge >= 0.3 is 12.1 Å². The number of cyclic esters (lactones) is 1. The van der Waals surface area contributed by atoms with Crippen LogP contribution in [-0.2, 0) is 11.3 Å². The molecule has 0 bridgehead atoms. The number of aliphatic hydroxyl groups is 1. The van der Waals surface area contributed by atoms with Gasteiger partial charge in [0, 0.05) is 30.4 Å². The molecule has 1 aliphatic rings. The lowest BCUT2D eigenvalue weighted by Crippen LogP contribution is -2.47. The molecular weight excluding hydrogens is 400 g/mol. The highest BCUT2D eigenvalue weighted by Crippen LogP contribution is 2.33. The Kier molecular flexibility index (Phi) is 5.68. The average molecular weight is 422 g/mol. The average Bonchev–Trinajstić information content (AvgIpc) is 3.13. The van der Waals surface area contributed by atoms with Crippen LogP contribution in [0, 0.1) is 6.92 Å². The van der Waals surface area contributed by atoms with Crippen LogP contribution in [0.2, 0.25) is 0 Å². The van der Waals surface area contributed by atoms with Crippen molar-refractivity contribution in [3.8, 4) is 5.88 Å². The fourth-order valence-corrected chi connectivity index (χ4v) is 3.67. The third-order valence-corrected chi connectivity index (χ3v) is 5.16. The van der Waals surface area contributed by atoms with Crippen molar-refractivity contribution < 1.29 is 24.2 Å². The first-order valence-corrected chi connectivity index (χ1v) is 9.74. The molecule has 31 heavy (non-hydrogen) atoms.